The molecule has 0 bridgehead atoms. The summed E-state index contributed by atoms with van der Waals surface area (Å²) in [6.07, 6.45) is 1.66. The van der Waals surface area contributed by atoms with Crippen molar-refractivity contribution >= 4 is 32.6 Å². The molecule has 0 aromatic carbocycles. The van der Waals surface area contributed by atoms with Gasteiger partial charge in [0.05, 0.1) is 11.1 Å². The molecule has 104 valence electrons. The molecule has 2 aromatic heterocycles. The molecule has 0 radical (unpaired) electrons. The van der Waals surface area contributed by atoms with Crippen molar-refractivity contribution in [2.75, 3.05) is 11.5 Å². The lowest BCUT2D eigenvalue weighted by Gasteiger charge is -2.09. The van der Waals surface area contributed by atoms with Crippen LogP contribution in [0.15, 0.2) is 18.3 Å². The van der Waals surface area contributed by atoms with Crippen LogP contribution in [0.2, 0.25) is 0 Å². The van der Waals surface area contributed by atoms with E-state index in [0.717, 1.165) is 5.52 Å². The minimum atomic E-state index is -3.03. The number of alkyl halides is 1. The van der Waals surface area contributed by atoms with E-state index in [2.05, 4.69) is 9.97 Å². The molecular weight excluding hydrogens is 286 g/mol. The van der Waals surface area contributed by atoms with Crippen LogP contribution in [0.25, 0.3) is 11.2 Å². The van der Waals surface area contributed by atoms with Crippen molar-refractivity contribution in [3.8, 4) is 0 Å². The molecule has 0 fully saturated rings. The van der Waals surface area contributed by atoms with Crippen LogP contribution in [0.4, 0.5) is 0 Å². The summed E-state index contributed by atoms with van der Waals surface area (Å²) in [5.74, 6) is 0.864. The lowest BCUT2D eigenvalue weighted by Crippen LogP contribution is -2.16. The number of imidazole rings is 1. The maximum Gasteiger partial charge on any atom is 0.160 e. The number of aryl methyl sites for hydroxylation is 1. The number of aromatic nitrogens is 3. The van der Waals surface area contributed by atoms with Gasteiger partial charge in [-0.15, -0.1) is 11.6 Å². The minimum Gasteiger partial charge on any atom is -0.310 e. The number of halogens is 1. The fourth-order valence-electron chi connectivity index (χ4n) is 1.87. The molecule has 0 spiro atoms. The van der Waals surface area contributed by atoms with Crippen LogP contribution in [0.3, 0.4) is 0 Å². The molecule has 0 saturated carbocycles. The Bertz CT molecular complexity index is 679. The van der Waals surface area contributed by atoms with Crippen molar-refractivity contribution in [3.63, 3.8) is 0 Å². The van der Waals surface area contributed by atoms with E-state index in [4.69, 9.17) is 11.6 Å². The van der Waals surface area contributed by atoms with Crippen molar-refractivity contribution in [2.24, 2.45) is 0 Å². The summed E-state index contributed by atoms with van der Waals surface area (Å²) in [5, 5.41) is -0.293. The van der Waals surface area contributed by atoms with Crippen molar-refractivity contribution in [1.82, 2.24) is 14.5 Å². The van der Waals surface area contributed by atoms with Crippen LogP contribution in [0, 0.1) is 0 Å². The summed E-state index contributed by atoms with van der Waals surface area (Å²) in [6.45, 7) is 3.79. The molecule has 0 aliphatic carbocycles. The van der Waals surface area contributed by atoms with Gasteiger partial charge in [0, 0.05) is 18.5 Å². The largest absolute Gasteiger partial charge is 0.310 e. The molecule has 2 aromatic rings. The Morgan fingerprint density at radius 2 is 2.21 bits per heavy atom. The third-order valence-corrected chi connectivity index (χ3v) is 4.83. The predicted molar refractivity (Wildman–Crippen MR) is 76.1 cm³/mol. The highest BCUT2D eigenvalue weighted by Gasteiger charge is 2.17. The molecule has 2 heterocycles. The van der Waals surface area contributed by atoms with E-state index < -0.39 is 9.84 Å². The second-order valence-corrected chi connectivity index (χ2v) is 7.45. The van der Waals surface area contributed by atoms with Crippen LogP contribution in [-0.2, 0) is 16.4 Å². The van der Waals surface area contributed by atoms with Gasteiger partial charge < -0.3 is 4.57 Å². The molecule has 0 N–H and O–H groups in total. The molecule has 1 atom stereocenters. The van der Waals surface area contributed by atoms with E-state index >= 15 is 0 Å². The highest BCUT2D eigenvalue weighted by atomic mass is 35.5. The zero-order valence-corrected chi connectivity index (χ0v) is 12.4. The van der Waals surface area contributed by atoms with Gasteiger partial charge in [-0.05, 0) is 19.1 Å². The summed E-state index contributed by atoms with van der Waals surface area (Å²) in [6, 6.07) is 3.64. The fourth-order valence-corrected chi connectivity index (χ4v) is 2.79. The number of pyridine rings is 1. The van der Waals surface area contributed by atoms with Crippen molar-refractivity contribution < 1.29 is 8.42 Å². The first kappa shape index (κ1) is 14.3. The number of fused-ring (bicyclic) bond motifs is 1. The number of sulfone groups is 1. The zero-order valence-electron chi connectivity index (χ0n) is 10.9. The SMILES string of the molecule is CCS(=O)(=O)CCn1c(C(C)Cl)nc2cccnc21. The van der Waals surface area contributed by atoms with Gasteiger partial charge in [-0.25, -0.2) is 18.4 Å². The van der Waals surface area contributed by atoms with Crippen molar-refractivity contribution in [1.29, 1.82) is 0 Å². The van der Waals surface area contributed by atoms with E-state index in [1.807, 2.05) is 13.0 Å². The van der Waals surface area contributed by atoms with Gasteiger partial charge in [-0.3, -0.25) is 0 Å². The molecule has 0 saturated heterocycles. The van der Waals surface area contributed by atoms with Gasteiger partial charge in [0.1, 0.15) is 11.3 Å². The van der Waals surface area contributed by atoms with Crippen LogP contribution in [0.1, 0.15) is 25.0 Å². The van der Waals surface area contributed by atoms with Gasteiger partial charge in [0.2, 0.25) is 0 Å². The molecular formula is C12H16ClN3O2S. The fraction of sp³-hybridized carbons (Fsp3) is 0.500. The Hall–Kier alpha value is -1.14. The molecule has 0 aliphatic rings. The molecule has 0 aliphatic heterocycles. The van der Waals surface area contributed by atoms with Gasteiger partial charge in [0.15, 0.2) is 15.5 Å². The van der Waals surface area contributed by atoms with Gasteiger partial charge in [-0.2, -0.15) is 0 Å². The summed E-state index contributed by atoms with van der Waals surface area (Å²) >= 11 is 6.10. The van der Waals surface area contributed by atoms with E-state index in [0.29, 0.717) is 18.0 Å². The first-order chi connectivity index (χ1) is 8.94. The molecule has 0 amide bonds. The second-order valence-electron chi connectivity index (χ2n) is 4.32. The van der Waals surface area contributed by atoms with Gasteiger partial charge >= 0.3 is 0 Å². The zero-order chi connectivity index (χ0) is 14.0. The highest BCUT2D eigenvalue weighted by Crippen LogP contribution is 2.23. The number of rotatable bonds is 5. The van der Waals surface area contributed by atoms with E-state index in [9.17, 15) is 8.42 Å². The van der Waals surface area contributed by atoms with Crippen molar-refractivity contribution in [2.45, 2.75) is 25.8 Å². The molecule has 2 rings (SSSR count). The third kappa shape index (κ3) is 3.06. The minimum absolute atomic E-state index is 0.0716. The van der Waals surface area contributed by atoms with Gasteiger partial charge in [-0.1, -0.05) is 6.92 Å². The Kier molecular flexibility index (Phi) is 4.10. The Morgan fingerprint density at radius 1 is 1.47 bits per heavy atom. The maximum atomic E-state index is 11.6. The quantitative estimate of drug-likeness (QED) is 0.794. The molecule has 19 heavy (non-hydrogen) atoms. The predicted octanol–water partition coefficient (Wildman–Crippen LogP) is 2.17. The third-order valence-electron chi connectivity index (χ3n) is 2.95. The Balaban J connectivity index is 2.42. The highest BCUT2D eigenvalue weighted by molar-refractivity contribution is 7.91. The summed E-state index contributed by atoms with van der Waals surface area (Å²) in [5.41, 5.74) is 1.41. The van der Waals surface area contributed by atoms with Crippen molar-refractivity contribution in [3.05, 3.63) is 24.2 Å². The average Bonchev–Trinajstić information content (AvgIpc) is 2.75. The summed E-state index contributed by atoms with van der Waals surface area (Å²) < 4.78 is 25.0. The number of hydrogen-bond donors (Lipinski definition) is 0. The number of hydrogen-bond acceptors (Lipinski definition) is 4. The van der Waals surface area contributed by atoms with Crippen LogP contribution in [-0.4, -0.2) is 34.5 Å². The normalized spacial score (nSPS) is 13.8. The first-order valence-corrected chi connectivity index (χ1v) is 8.36. The van der Waals surface area contributed by atoms with E-state index in [-0.39, 0.29) is 16.9 Å². The second kappa shape index (κ2) is 5.46. The van der Waals surface area contributed by atoms with E-state index in [1.165, 1.54) is 0 Å². The lowest BCUT2D eigenvalue weighted by atomic mass is 10.4. The standard InChI is InChI=1S/C12H16ClN3O2S/c1-3-19(17,18)8-7-16-11(9(2)13)15-10-5-4-6-14-12(10)16/h4-6,9H,3,7-8H2,1-2H3. The first-order valence-electron chi connectivity index (χ1n) is 6.10. The van der Waals surface area contributed by atoms with Crippen LogP contribution >= 0.6 is 11.6 Å². The number of nitrogens with zero attached hydrogens (tertiary/aromatic N) is 3. The topological polar surface area (TPSA) is 64.8 Å². The summed E-state index contributed by atoms with van der Waals surface area (Å²) in [7, 11) is -3.03. The lowest BCUT2D eigenvalue weighted by molar-refractivity contribution is 0.588. The average molecular weight is 302 g/mol. The summed E-state index contributed by atoms with van der Waals surface area (Å²) in [4.78, 5) is 8.67. The van der Waals surface area contributed by atoms with Crippen LogP contribution in [0.5, 0.6) is 0 Å². The smallest absolute Gasteiger partial charge is 0.160 e. The Labute approximate surface area is 117 Å². The molecule has 7 heteroatoms. The van der Waals surface area contributed by atoms with Crippen LogP contribution < -0.4 is 0 Å². The molecule has 5 nitrogen and oxygen atoms in total. The maximum absolute atomic E-state index is 11.6. The van der Waals surface area contributed by atoms with E-state index in [1.54, 1.807) is 23.8 Å². The Morgan fingerprint density at radius 3 is 2.84 bits per heavy atom. The monoisotopic (exact) mass is 301 g/mol. The van der Waals surface area contributed by atoms with Gasteiger partial charge in [0.25, 0.3) is 0 Å². The molecule has 1 unspecified atom stereocenters.